The predicted octanol–water partition coefficient (Wildman–Crippen LogP) is 4.86. The molecule has 0 fully saturated rings. The fourth-order valence-corrected chi connectivity index (χ4v) is 4.28. The van der Waals surface area contributed by atoms with Gasteiger partial charge in [-0.3, -0.25) is 9.59 Å². The van der Waals surface area contributed by atoms with Crippen LogP contribution in [-0.4, -0.2) is 47.5 Å². The fourth-order valence-electron chi connectivity index (χ4n) is 4.28. The lowest BCUT2D eigenvalue weighted by molar-refractivity contribution is 0.0948. The van der Waals surface area contributed by atoms with E-state index in [2.05, 4.69) is 66.0 Å². The smallest absolute Gasteiger partial charge is 0.272 e. The largest absolute Gasteiger partial charge is 0.351 e. The van der Waals surface area contributed by atoms with Crippen molar-refractivity contribution in [1.29, 1.82) is 0 Å². The SMILES string of the molecule is CCc1ccc2c(c1)c(C)c(C(=O)Nc1ccc(C(=O)NCCN(CC)CC)cc1)n2CC. The third-order valence-electron chi connectivity index (χ3n) is 6.33. The molecule has 0 aliphatic heterocycles. The molecule has 1 aromatic heterocycles. The van der Waals surface area contributed by atoms with Crippen LogP contribution in [0.15, 0.2) is 42.5 Å². The van der Waals surface area contributed by atoms with Crippen molar-refractivity contribution in [1.82, 2.24) is 14.8 Å². The Kier molecular flexibility index (Phi) is 8.28. The number of likely N-dealkylation sites (N-methyl/N-ethyl adjacent to an activating group) is 1. The Morgan fingerprint density at radius 2 is 1.64 bits per heavy atom. The highest BCUT2D eigenvalue weighted by atomic mass is 16.2. The highest BCUT2D eigenvalue weighted by molar-refractivity contribution is 6.08. The predicted molar refractivity (Wildman–Crippen MR) is 136 cm³/mol. The summed E-state index contributed by atoms with van der Waals surface area (Å²) in [7, 11) is 0. The van der Waals surface area contributed by atoms with E-state index in [0.717, 1.165) is 42.5 Å². The highest BCUT2D eigenvalue weighted by Gasteiger charge is 2.20. The van der Waals surface area contributed by atoms with Crippen LogP contribution in [0.1, 0.15) is 59.7 Å². The Bertz CT molecular complexity index is 1110. The van der Waals surface area contributed by atoms with Crippen molar-refractivity contribution in [2.45, 2.75) is 47.6 Å². The van der Waals surface area contributed by atoms with E-state index in [4.69, 9.17) is 0 Å². The summed E-state index contributed by atoms with van der Waals surface area (Å²) in [6.45, 7) is 14.5. The standard InChI is InChI=1S/C27H36N4O2/c1-6-20-10-15-24-23(18-20)19(5)25(31(24)9-4)27(33)29-22-13-11-21(12-14-22)26(32)28-16-17-30(7-2)8-3/h10-15,18H,6-9,16-17H2,1-5H3,(H,28,32)(H,29,33). The van der Waals surface area contributed by atoms with Crippen LogP contribution >= 0.6 is 0 Å². The summed E-state index contributed by atoms with van der Waals surface area (Å²) in [6.07, 6.45) is 0.962. The van der Waals surface area contributed by atoms with Gasteiger partial charge in [0.1, 0.15) is 5.69 Å². The van der Waals surface area contributed by atoms with Crippen molar-refractivity contribution in [3.63, 3.8) is 0 Å². The molecule has 0 unspecified atom stereocenters. The molecule has 1 heterocycles. The van der Waals surface area contributed by atoms with E-state index in [1.54, 1.807) is 24.3 Å². The first-order chi connectivity index (χ1) is 15.9. The number of amides is 2. The molecule has 176 valence electrons. The maximum atomic E-state index is 13.2. The molecule has 0 radical (unpaired) electrons. The Morgan fingerprint density at radius 1 is 0.939 bits per heavy atom. The molecule has 0 saturated carbocycles. The third kappa shape index (κ3) is 5.45. The molecular formula is C27H36N4O2. The molecule has 2 N–H and O–H groups in total. The van der Waals surface area contributed by atoms with Crippen molar-refractivity contribution in [2.24, 2.45) is 0 Å². The van der Waals surface area contributed by atoms with Gasteiger partial charge in [0.05, 0.1) is 0 Å². The molecule has 6 heteroatoms. The maximum absolute atomic E-state index is 13.2. The number of aryl methyl sites for hydroxylation is 3. The van der Waals surface area contributed by atoms with Gasteiger partial charge in [0, 0.05) is 41.8 Å². The minimum absolute atomic E-state index is 0.103. The van der Waals surface area contributed by atoms with Gasteiger partial charge in [0.2, 0.25) is 0 Å². The van der Waals surface area contributed by atoms with Crippen molar-refractivity contribution in [3.8, 4) is 0 Å². The number of carbonyl (C=O) groups excluding carboxylic acids is 2. The number of rotatable bonds is 10. The lowest BCUT2D eigenvalue weighted by atomic mass is 10.1. The first-order valence-corrected chi connectivity index (χ1v) is 12.0. The molecule has 33 heavy (non-hydrogen) atoms. The second-order valence-corrected chi connectivity index (χ2v) is 8.24. The van der Waals surface area contributed by atoms with Gasteiger partial charge in [-0.15, -0.1) is 0 Å². The van der Waals surface area contributed by atoms with E-state index in [1.165, 1.54) is 5.56 Å². The Labute approximate surface area is 197 Å². The van der Waals surface area contributed by atoms with Gasteiger partial charge >= 0.3 is 0 Å². The van der Waals surface area contributed by atoms with Gasteiger partial charge in [-0.25, -0.2) is 0 Å². The topological polar surface area (TPSA) is 66.4 Å². The average molecular weight is 449 g/mol. The molecule has 6 nitrogen and oxygen atoms in total. The number of aromatic nitrogens is 1. The molecule has 3 aromatic rings. The summed E-state index contributed by atoms with van der Waals surface area (Å²) in [5, 5.41) is 7.09. The second kappa shape index (κ2) is 11.1. The van der Waals surface area contributed by atoms with Gasteiger partial charge in [-0.05, 0) is 80.9 Å². The van der Waals surface area contributed by atoms with Crippen LogP contribution in [0.25, 0.3) is 10.9 Å². The van der Waals surface area contributed by atoms with E-state index in [-0.39, 0.29) is 11.8 Å². The maximum Gasteiger partial charge on any atom is 0.272 e. The average Bonchev–Trinajstić information content (AvgIpc) is 3.13. The Balaban J connectivity index is 1.71. The molecule has 3 rings (SSSR count). The Hall–Kier alpha value is -3.12. The lowest BCUT2D eigenvalue weighted by Crippen LogP contribution is -2.34. The number of anilines is 1. The summed E-state index contributed by atoms with van der Waals surface area (Å²) in [4.78, 5) is 27.9. The van der Waals surface area contributed by atoms with Gasteiger partial charge in [0.15, 0.2) is 0 Å². The van der Waals surface area contributed by atoms with Crippen molar-refractivity contribution >= 4 is 28.4 Å². The molecule has 2 aromatic carbocycles. The zero-order valence-corrected chi connectivity index (χ0v) is 20.5. The first kappa shape index (κ1) is 24.5. The van der Waals surface area contributed by atoms with Gasteiger partial charge in [-0.1, -0.05) is 26.8 Å². The van der Waals surface area contributed by atoms with Crippen molar-refractivity contribution in [2.75, 3.05) is 31.5 Å². The van der Waals surface area contributed by atoms with Crippen molar-refractivity contribution < 1.29 is 9.59 Å². The number of fused-ring (bicyclic) bond motifs is 1. The highest BCUT2D eigenvalue weighted by Crippen LogP contribution is 2.28. The van der Waals surface area contributed by atoms with Gasteiger partial charge in [-0.2, -0.15) is 0 Å². The van der Waals surface area contributed by atoms with Crippen molar-refractivity contribution in [3.05, 3.63) is 64.8 Å². The number of nitrogens with zero attached hydrogens (tertiary/aromatic N) is 2. The summed E-state index contributed by atoms with van der Waals surface area (Å²) in [5.41, 5.74) is 5.26. The fraction of sp³-hybridized carbons (Fsp3) is 0.407. The van der Waals surface area contributed by atoms with Gasteiger partial charge < -0.3 is 20.1 Å². The minimum Gasteiger partial charge on any atom is -0.351 e. The van der Waals surface area contributed by atoms with Crippen LogP contribution in [0.5, 0.6) is 0 Å². The number of hydrogen-bond donors (Lipinski definition) is 2. The van der Waals surface area contributed by atoms with Crippen LogP contribution in [0.3, 0.4) is 0 Å². The molecule has 0 atom stereocenters. The number of nitrogens with one attached hydrogen (secondary N) is 2. The number of hydrogen-bond acceptors (Lipinski definition) is 3. The minimum atomic E-state index is -0.139. The molecule has 0 bridgehead atoms. The zero-order valence-electron chi connectivity index (χ0n) is 20.5. The van der Waals surface area contributed by atoms with E-state index in [9.17, 15) is 9.59 Å². The van der Waals surface area contributed by atoms with Crippen LogP contribution in [-0.2, 0) is 13.0 Å². The van der Waals surface area contributed by atoms with Crippen LogP contribution in [0, 0.1) is 6.92 Å². The molecular weight excluding hydrogens is 412 g/mol. The molecule has 0 spiro atoms. The second-order valence-electron chi connectivity index (χ2n) is 8.24. The summed E-state index contributed by atoms with van der Waals surface area (Å²) in [6, 6.07) is 13.5. The third-order valence-corrected chi connectivity index (χ3v) is 6.33. The molecule has 0 aliphatic carbocycles. The summed E-state index contributed by atoms with van der Waals surface area (Å²) in [5.74, 6) is -0.242. The van der Waals surface area contributed by atoms with E-state index >= 15 is 0 Å². The summed E-state index contributed by atoms with van der Waals surface area (Å²) < 4.78 is 2.07. The monoisotopic (exact) mass is 448 g/mol. The van der Waals surface area contributed by atoms with E-state index in [1.807, 2.05) is 6.92 Å². The van der Waals surface area contributed by atoms with E-state index in [0.29, 0.717) is 30.0 Å². The van der Waals surface area contributed by atoms with Crippen LogP contribution < -0.4 is 10.6 Å². The zero-order chi connectivity index (χ0) is 24.0. The Morgan fingerprint density at radius 3 is 2.24 bits per heavy atom. The van der Waals surface area contributed by atoms with E-state index < -0.39 is 0 Å². The first-order valence-electron chi connectivity index (χ1n) is 12.0. The molecule has 0 saturated heterocycles. The molecule has 0 aliphatic rings. The van der Waals surface area contributed by atoms with Gasteiger partial charge in [0.25, 0.3) is 11.8 Å². The van der Waals surface area contributed by atoms with Crippen LogP contribution in [0.2, 0.25) is 0 Å². The quantitative estimate of drug-likeness (QED) is 0.466. The number of benzene rings is 2. The normalized spacial score (nSPS) is 11.2. The lowest BCUT2D eigenvalue weighted by Gasteiger charge is -2.18. The van der Waals surface area contributed by atoms with Crippen LogP contribution in [0.4, 0.5) is 5.69 Å². The summed E-state index contributed by atoms with van der Waals surface area (Å²) >= 11 is 0. The number of carbonyl (C=O) groups is 2. The molecule has 2 amide bonds.